The molecule has 0 spiro atoms. The molecule has 9 heteroatoms. The van der Waals surface area contributed by atoms with Crippen LogP contribution in [0.3, 0.4) is 0 Å². The molecule has 0 aliphatic rings. The van der Waals surface area contributed by atoms with E-state index in [9.17, 15) is 18.0 Å². The van der Waals surface area contributed by atoms with Gasteiger partial charge < -0.3 is 10.5 Å². The molecule has 0 saturated carbocycles. The van der Waals surface area contributed by atoms with Gasteiger partial charge in [0.25, 0.3) is 0 Å². The number of nitrogen functional groups attached to an aromatic ring is 1. The van der Waals surface area contributed by atoms with Gasteiger partial charge in [0.15, 0.2) is 0 Å². The largest absolute Gasteiger partial charge is 0.431 e. The fourth-order valence-electron chi connectivity index (χ4n) is 2.18. The molecule has 0 saturated heterocycles. The summed E-state index contributed by atoms with van der Waals surface area (Å²) in [4.78, 5) is 16.6. The number of esters is 1. The summed E-state index contributed by atoms with van der Waals surface area (Å²) in [5, 5.41) is 1.45. The minimum Gasteiger partial charge on any atom is -0.431 e. The van der Waals surface area contributed by atoms with Gasteiger partial charge in [-0.15, -0.1) is 22.7 Å². The number of carbonyl (C=O) groups is 1. The molecule has 124 valence electrons. The van der Waals surface area contributed by atoms with Gasteiger partial charge in [0.05, 0.1) is 28.1 Å². The number of carbonyl (C=O) groups excluding carboxylic acids is 1. The van der Waals surface area contributed by atoms with E-state index in [0.717, 1.165) is 23.7 Å². The van der Waals surface area contributed by atoms with Crippen molar-refractivity contribution in [3.8, 4) is 10.6 Å². The van der Waals surface area contributed by atoms with Gasteiger partial charge >= 0.3 is 12.1 Å². The molecule has 3 aromatic heterocycles. The lowest BCUT2D eigenvalue weighted by Gasteiger charge is -2.10. The Labute approximate surface area is 142 Å². The number of fused-ring (bicyclic) bond motifs is 1. The number of hydrogen-bond donors (Lipinski definition) is 1. The van der Waals surface area contributed by atoms with Crippen LogP contribution in [0.25, 0.3) is 20.8 Å². The molecule has 0 radical (unpaired) electrons. The first kappa shape index (κ1) is 16.5. The summed E-state index contributed by atoms with van der Waals surface area (Å²) in [6.45, 7) is 3.24. The van der Waals surface area contributed by atoms with E-state index in [1.54, 1.807) is 17.5 Å². The Morgan fingerprint density at radius 1 is 1.42 bits per heavy atom. The molecule has 4 nitrogen and oxygen atoms in total. The highest BCUT2D eigenvalue weighted by Gasteiger charge is 2.36. The van der Waals surface area contributed by atoms with Crippen LogP contribution in [0.5, 0.6) is 0 Å². The lowest BCUT2D eigenvalue weighted by Crippen LogP contribution is -2.08. The standard InChI is InChI=1S/C15H9F3N2O2S2/c1-2-22-14(21)12-11(19)10-7(15(16,17)18)6-8(20-13(10)24-12)9-4-3-5-23-9/h2-6H,1,19H2. The maximum Gasteiger partial charge on any atom is 0.417 e. The number of ether oxygens (including phenoxy) is 1. The minimum atomic E-state index is -4.64. The van der Waals surface area contributed by atoms with Crippen LogP contribution in [-0.4, -0.2) is 11.0 Å². The summed E-state index contributed by atoms with van der Waals surface area (Å²) < 4.78 is 45.0. The summed E-state index contributed by atoms with van der Waals surface area (Å²) >= 11 is 2.03. The lowest BCUT2D eigenvalue weighted by molar-refractivity contribution is -0.136. The fourth-order valence-corrected chi connectivity index (χ4v) is 3.86. The topological polar surface area (TPSA) is 65.2 Å². The van der Waals surface area contributed by atoms with Crippen molar-refractivity contribution in [3.63, 3.8) is 0 Å². The van der Waals surface area contributed by atoms with Crippen LogP contribution in [0, 0.1) is 0 Å². The number of aromatic nitrogens is 1. The van der Waals surface area contributed by atoms with Gasteiger partial charge in [0, 0.05) is 5.39 Å². The average molecular weight is 370 g/mol. The van der Waals surface area contributed by atoms with Gasteiger partial charge in [-0.1, -0.05) is 12.6 Å². The molecule has 0 fully saturated rings. The zero-order valence-electron chi connectivity index (χ0n) is 11.9. The number of nitrogens with two attached hydrogens (primary N) is 1. The molecule has 0 amide bonds. The first-order valence-electron chi connectivity index (χ1n) is 6.49. The van der Waals surface area contributed by atoms with Crippen molar-refractivity contribution >= 4 is 44.5 Å². The molecule has 24 heavy (non-hydrogen) atoms. The summed E-state index contributed by atoms with van der Waals surface area (Å²) in [6.07, 6.45) is -3.75. The van der Waals surface area contributed by atoms with E-state index in [-0.39, 0.29) is 26.5 Å². The molecule has 0 unspecified atom stereocenters. The number of halogens is 3. The Kier molecular flexibility index (Phi) is 4.06. The Morgan fingerprint density at radius 2 is 2.17 bits per heavy atom. The van der Waals surface area contributed by atoms with Crippen LogP contribution < -0.4 is 5.73 Å². The van der Waals surface area contributed by atoms with Gasteiger partial charge in [-0.3, -0.25) is 0 Å². The van der Waals surface area contributed by atoms with E-state index in [1.165, 1.54) is 11.3 Å². The van der Waals surface area contributed by atoms with Gasteiger partial charge in [-0.2, -0.15) is 13.2 Å². The average Bonchev–Trinajstić information content (AvgIpc) is 3.14. The summed E-state index contributed by atoms with van der Waals surface area (Å²) in [6, 6.07) is 4.33. The molecular weight excluding hydrogens is 361 g/mol. The van der Waals surface area contributed by atoms with Crippen molar-refractivity contribution < 1.29 is 22.7 Å². The van der Waals surface area contributed by atoms with Crippen LogP contribution in [0.2, 0.25) is 0 Å². The number of pyridine rings is 1. The number of anilines is 1. The molecule has 2 N–H and O–H groups in total. The van der Waals surface area contributed by atoms with E-state index in [4.69, 9.17) is 5.73 Å². The Hall–Kier alpha value is -2.39. The van der Waals surface area contributed by atoms with E-state index in [0.29, 0.717) is 4.88 Å². The number of hydrogen-bond acceptors (Lipinski definition) is 6. The number of thiophene rings is 2. The predicted molar refractivity (Wildman–Crippen MR) is 88.0 cm³/mol. The third-order valence-electron chi connectivity index (χ3n) is 3.15. The van der Waals surface area contributed by atoms with Crippen molar-refractivity contribution in [2.75, 3.05) is 5.73 Å². The van der Waals surface area contributed by atoms with Gasteiger partial charge in [-0.05, 0) is 17.5 Å². The highest BCUT2D eigenvalue weighted by Crippen LogP contribution is 2.44. The quantitative estimate of drug-likeness (QED) is 0.525. The van der Waals surface area contributed by atoms with E-state index >= 15 is 0 Å². The highest BCUT2D eigenvalue weighted by atomic mass is 32.1. The molecule has 3 rings (SSSR count). The zero-order valence-corrected chi connectivity index (χ0v) is 13.5. The van der Waals surface area contributed by atoms with Gasteiger partial charge in [0.1, 0.15) is 9.71 Å². The van der Waals surface area contributed by atoms with Crippen molar-refractivity contribution in [2.45, 2.75) is 6.18 Å². The molecule has 0 bridgehead atoms. The second kappa shape index (κ2) is 5.91. The molecular formula is C15H9F3N2O2S2. The van der Waals surface area contributed by atoms with Crippen LogP contribution in [0.4, 0.5) is 18.9 Å². The van der Waals surface area contributed by atoms with Crippen LogP contribution in [0.1, 0.15) is 15.2 Å². The molecule has 0 aliphatic heterocycles. The normalized spacial score (nSPS) is 11.6. The van der Waals surface area contributed by atoms with Crippen molar-refractivity contribution in [2.24, 2.45) is 0 Å². The van der Waals surface area contributed by atoms with Crippen molar-refractivity contribution in [1.82, 2.24) is 4.98 Å². The molecule has 0 atom stereocenters. The monoisotopic (exact) mass is 370 g/mol. The Morgan fingerprint density at radius 3 is 2.75 bits per heavy atom. The summed E-state index contributed by atoms with van der Waals surface area (Å²) in [5.74, 6) is -0.865. The van der Waals surface area contributed by atoms with Crippen molar-refractivity contribution in [1.29, 1.82) is 0 Å². The second-order valence-electron chi connectivity index (χ2n) is 4.63. The number of alkyl halides is 3. The second-order valence-corrected chi connectivity index (χ2v) is 6.57. The van der Waals surface area contributed by atoms with E-state index < -0.39 is 17.7 Å². The van der Waals surface area contributed by atoms with Crippen molar-refractivity contribution in [3.05, 3.63) is 46.9 Å². The molecule has 3 aromatic rings. The van der Waals surface area contributed by atoms with Crippen LogP contribution in [-0.2, 0) is 10.9 Å². The zero-order chi connectivity index (χ0) is 17.5. The SMILES string of the molecule is C=COC(=O)c1sc2nc(-c3cccs3)cc(C(F)(F)F)c2c1N. The molecule has 0 aromatic carbocycles. The summed E-state index contributed by atoms with van der Waals surface area (Å²) in [7, 11) is 0. The van der Waals surface area contributed by atoms with E-state index in [2.05, 4.69) is 16.3 Å². The minimum absolute atomic E-state index is 0.0294. The maximum absolute atomic E-state index is 13.5. The highest BCUT2D eigenvalue weighted by molar-refractivity contribution is 7.21. The number of nitrogens with zero attached hydrogens (tertiary/aromatic N) is 1. The Bertz CT molecular complexity index is 930. The maximum atomic E-state index is 13.5. The van der Waals surface area contributed by atoms with E-state index in [1.807, 2.05) is 0 Å². The third kappa shape index (κ3) is 2.76. The lowest BCUT2D eigenvalue weighted by atomic mass is 10.1. The smallest absolute Gasteiger partial charge is 0.417 e. The summed E-state index contributed by atoms with van der Waals surface area (Å²) in [5.41, 5.74) is 4.73. The van der Waals surface area contributed by atoms with Crippen LogP contribution >= 0.6 is 22.7 Å². The van der Waals surface area contributed by atoms with Crippen LogP contribution in [0.15, 0.2) is 36.4 Å². The molecule has 0 aliphatic carbocycles. The predicted octanol–water partition coefficient (Wildman–Crippen LogP) is 4.93. The first-order chi connectivity index (χ1) is 11.3. The third-order valence-corrected chi connectivity index (χ3v) is 5.13. The van der Waals surface area contributed by atoms with Gasteiger partial charge in [-0.25, -0.2) is 9.78 Å². The Balaban J connectivity index is 2.31. The number of rotatable bonds is 3. The first-order valence-corrected chi connectivity index (χ1v) is 8.18. The fraction of sp³-hybridized carbons (Fsp3) is 0.0667. The molecule has 3 heterocycles. The van der Waals surface area contributed by atoms with Gasteiger partial charge in [0.2, 0.25) is 0 Å².